The molecule has 20 heavy (non-hydrogen) atoms. The maximum atomic E-state index is 5.44. The quantitative estimate of drug-likeness (QED) is 0.844. The molecule has 1 aromatic heterocycles. The number of methoxy groups -OCH3 is 1. The second-order valence-corrected chi connectivity index (χ2v) is 5.16. The van der Waals surface area contributed by atoms with E-state index < -0.39 is 0 Å². The largest absolute Gasteiger partial charge is 0.496 e. The molecule has 0 radical (unpaired) electrons. The summed E-state index contributed by atoms with van der Waals surface area (Å²) in [7, 11) is 3.61. The Bertz CT molecular complexity index is 609. The summed E-state index contributed by atoms with van der Waals surface area (Å²) >= 11 is 0. The Hall–Kier alpha value is -1.95. The highest BCUT2D eigenvalue weighted by atomic mass is 16.5. The van der Waals surface area contributed by atoms with Gasteiger partial charge in [0.15, 0.2) is 5.82 Å². The third-order valence-electron chi connectivity index (χ3n) is 4.05. The summed E-state index contributed by atoms with van der Waals surface area (Å²) in [6.07, 6.45) is 0.995. The normalized spacial score (nSPS) is 16.8. The van der Waals surface area contributed by atoms with E-state index in [1.165, 1.54) is 11.1 Å². The molecule has 2 aromatic rings. The number of ether oxygens (including phenoxy) is 1. The Balaban J connectivity index is 1.84. The van der Waals surface area contributed by atoms with Crippen LogP contribution in [0.2, 0.25) is 0 Å². The molecule has 1 unspecified atom stereocenters. The van der Waals surface area contributed by atoms with Crippen molar-refractivity contribution in [2.75, 3.05) is 13.7 Å². The second kappa shape index (κ2) is 5.20. The number of hydrogen-bond acceptors (Lipinski definition) is 5. The van der Waals surface area contributed by atoms with Gasteiger partial charge in [0, 0.05) is 20.1 Å². The van der Waals surface area contributed by atoms with E-state index in [1.54, 1.807) is 11.8 Å². The summed E-state index contributed by atoms with van der Waals surface area (Å²) < 4.78 is 7.19. The number of aromatic nitrogens is 4. The molecule has 0 amide bonds. The summed E-state index contributed by atoms with van der Waals surface area (Å²) in [5, 5.41) is 11.8. The van der Waals surface area contributed by atoms with Gasteiger partial charge in [0.1, 0.15) is 5.75 Å². The monoisotopic (exact) mass is 273 g/mol. The zero-order valence-corrected chi connectivity index (χ0v) is 12.1. The zero-order chi connectivity index (χ0) is 14.1. The van der Waals surface area contributed by atoms with Crippen LogP contribution in [-0.4, -0.2) is 38.8 Å². The average molecular weight is 273 g/mol. The number of hydrogen-bond donors (Lipinski definition) is 0. The maximum absolute atomic E-state index is 5.44. The summed E-state index contributed by atoms with van der Waals surface area (Å²) in [6, 6.07) is 6.46. The van der Waals surface area contributed by atoms with E-state index in [4.69, 9.17) is 4.74 Å². The SMILES string of the molecule is COc1cccc2c1CCN(C(C)c1nnnn1C)C2. The zero-order valence-electron chi connectivity index (χ0n) is 12.1. The average Bonchev–Trinajstić information content (AvgIpc) is 2.91. The third kappa shape index (κ3) is 2.16. The van der Waals surface area contributed by atoms with Crippen LogP contribution in [0.4, 0.5) is 0 Å². The van der Waals surface area contributed by atoms with Crippen LogP contribution in [0.15, 0.2) is 18.2 Å². The lowest BCUT2D eigenvalue weighted by Crippen LogP contribution is -2.34. The number of tetrazole rings is 1. The van der Waals surface area contributed by atoms with Crippen molar-refractivity contribution in [2.24, 2.45) is 7.05 Å². The number of fused-ring (bicyclic) bond motifs is 1. The Morgan fingerprint density at radius 1 is 1.35 bits per heavy atom. The van der Waals surface area contributed by atoms with Gasteiger partial charge in [0.2, 0.25) is 0 Å². The van der Waals surface area contributed by atoms with Gasteiger partial charge in [-0.05, 0) is 41.0 Å². The highest BCUT2D eigenvalue weighted by Crippen LogP contribution is 2.31. The minimum absolute atomic E-state index is 0.203. The number of rotatable bonds is 3. The van der Waals surface area contributed by atoms with Crippen molar-refractivity contribution in [1.29, 1.82) is 0 Å². The van der Waals surface area contributed by atoms with Crippen LogP contribution in [0.25, 0.3) is 0 Å². The molecule has 1 aliphatic heterocycles. The fourth-order valence-corrected chi connectivity index (χ4v) is 2.87. The molecule has 0 aliphatic carbocycles. The van der Waals surface area contributed by atoms with Gasteiger partial charge in [-0.2, -0.15) is 0 Å². The molecule has 0 N–H and O–H groups in total. The molecule has 0 saturated carbocycles. The second-order valence-electron chi connectivity index (χ2n) is 5.16. The van der Waals surface area contributed by atoms with Crippen molar-refractivity contribution < 1.29 is 4.74 Å². The van der Waals surface area contributed by atoms with Gasteiger partial charge >= 0.3 is 0 Å². The van der Waals surface area contributed by atoms with Crippen LogP contribution < -0.4 is 4.74 Å². The first-order valence-electron chi connectivity index (χ1n) is 6.81. The van der Waals surface area contributed by atoms with Gasteiger partial charge in [-0.15, -0.1) is 5.10 Å². The van der Waals surface area contributed by atoms with Crippen molar-refractivity contribution in [1.82, 2.24) is 25.1 Å². The molecule has 106 valence electrons. The van der Waals surface area contributed by atoms with Crippen LogP contribution in [0, 0.1) is 0 Å². The lowest BCUT2D eigenvalue weighted by atomic mass is 9.97. The lowest BCUT2D eigenvalue weighted by Gasteiger charge is -2.33. The minimum Gasteiger partial charge on any atom is -0.496 e. The Kier molecular flexibility index (Phi) is 3.40. The number of aryl methyl sites for hydroxylation is 1. The molecule has 3 rings (SSSR count). The van der Waals surface area contributed by atoms with Crippen LogP contribution in [0.5, 0.6) is 5.75 Å². The van der Waals surface area contributed by atoms with E-state index >= 15 is 0 Å². The summed E-state index contributed by atoms with van der Waals surface area (Å²) in [5.74, 6) is 1.89. The van der Waals surface area contributed by atoms with Crippen molar-refractivity contribution >= 4 is 0 Å². The standard InChI is InChI=1S/C14H19N5O/c1-10(14-15-16-17-18(14)2)19-8-7-12-11(9-19)5-4-6-13(12)20-3/h4-6,10H,7-9H2,1-3H3. The van der Waals surface area contributed by atoms with Gasteiger partial charge in [-0.25, -0.2) is 4.68 Å². The highest BCUT2D eigenvalue weighted by Gasteiger charge is 2.26. The molecule has 0 bridgehead atoms. The van der Waals surface area contributed by atoms with Crippen molar-refractivity contribution in [3.05, 3.63) is 35.2 Å². The van der Waals surface area contributed by atoms with Crippen molar-refractivity contribution in [3.63, 3.8) is 0 Å². The molecule has 0 spiro atoms. The van der Waals surface area contributed by atoms with E-state index in [9.17, 15) is 0 Å². The van der Waals surface area contributed by atoms with Gasteiger partial charge in [0.25, 0.3) is 0 Å². The maximum Gasteiger partial charge on any atom is 0.167 e. The molecule has 2 heterocycles. The van der Waals surface area contributed by atoms with Gasteiger partial charge in [0.05, 0.1) is 13.2 Å². The fourth-order valence-electron chi connectivity index (χ4n) is 2.87. The minimum atomic E-state index is 0.203. The first kappa shape index (κ1) is 13.1. The predicted molar refractivity (Wildman–Crippen MR) is 74.3 cm³/mol. The molecule has 1 atom stereocenters. The molecule has 1 aliphatic rings. The molecule has 6 heteroatoms. The van der Waals surface area contributed by atoms with Crippen LogP contribution >= 0.6 is 0 Å². The Morgan fingerprint density at radius 3 is 2.90 bits per heavy atom. The van der Waals surface area contributed by atoms with Crippen LogP contribution in [0.1, 0.15) is 29.9 Å². The van der Waals surface area contributed by atoms with Crippen molar-refractivity contribution in [3.8, 4) is 5.75 Å². The van der Waals surface area contributed by atoms with Crippen LogP contribution in [-0.2, 0) is 20.0 Å². The highest BCUT2D eigenvalue weighted by molar-refractivity contribution is 5.41. The Labute approximate surface area is 118 Å². The first-order chi connectivity index (χ1) is 9.70. The molecule has 6 nitrogen and oxygen atoms in total. The topological polar surface area (TPSA) is 56.1 Å². The molecule has 0 saturated heterocycles. The summed E-state index contributed by atoms with van der Waals surface area (Å²) in [6.45, 7) is 4.04. The smallest absolute Gasteiger partial charge is 0.167 e. The van der Waals surface area contributed by atoms with E-state index in [2.05, 4.69) is 39.5 Å². The van der Waals surface area contributed by atoms with Gasteiger partial charge < -0.3 is 4.74 Å². The lowest BCUT2D eigenvalue weighted by molar-refractivity contribution is 0.180. The van der Waals surface area contributed by atoms with Crippen LogP contribution in [0.3, 0.4) is 0 Å². The molecule has 0 fully saturated rings. The van der Waals surface area contributed by atoms with Gasteiger partial charge in [-0.3, -0.25) is 4.90 Å². The fraction of sp³-hybridized carbons (Fsp3) is 0.500. The van der Waals surface area contributed by atoms with E-state index in [0.717, 1.165) is 31.1 Å². The number of nitrogens with zero attached hydrogens (tertiary/aromatic N) is 5. The summed E-state index contributed by atoms with van der Waals surface area (Å²) in [5.41, 5.74) is 2.66. The van der Waals surface area contributed by atoms with E-state index in [-0.39, 0.29) is 6.04 Å². The number of benzene rings is 1. The first-order valence-corrected chi connectivity index (χ1v) is 6.81. The van der Waals surface area contributed by atoms with Crippen molar-refractivity contribution in [2.45, 2.75) is 25.9 Å². The van der Waals surface area contributed by atoms with E-state index in [0.29, 0.717) is 0 Å². The molecular formula is C14H19N5O. The predicted octanol–water partition coefficient (Wildman–Crippen LogP) is 1.34. The molecule has 1 aromatic carbocycles. The van der Waals surface area contributed by atoms with E-state index in [1.807, 2.05) is 13.1 Å². The molecular weight excluding hydrogens is 254 g/mol. The van der Waals surface area contributed by atoms with Gasteiger partial charge in [-0.1, -0.05) is 12.1 Å². The third-order valence-corrected chi connectivity index (χ3v) is 4.05. The Morgan fingerprint density at radius 2 is 2.20 bits per heavy atom. The summed E-state index contributed by atoms with van der Waals surface area (Å²) in [4.78, 5) is 2.40.